The van der Waals surface area contributed by atoms with E-state index in [2.05, 4.69) is 15.5 Å². The second kappa shape index (κ2) is 4.69. The lowest BCUT2D eigenvalue weighted by Crippen LogP contribution is -2.07. The standard InChI is InChI=1S/C8H5F4O2/c9-7(10)13-5-3-1-2-4-6(5)14-8(11)12/h1,3-4,7-8H. The summed E-state index contributed by atoms with van der Waals surface area (Å²) in [6, 6.07) is 5.69. The Morgan fingerprint density at radius 3 is 2.14 bits per heavy atom. The molecule has 1 rings (SSSR count). The summed E-state index contributed by atoms with van der Waals surface area (Å²) in [7, 11) is 0. The van der Waals surface area contributed by atoms with Crippen molar-refractivity contribution in [1.82, 2.24) is 0 Å². The summed E-state index contributed by atoms with van der Waals surface area (Å²) in [5.74, 6) is -0.915. The Hall–Kier alpha value is -1.46. The van der Waals surface area contributed by atoms with Crippen LogP contribution in [0.4, 0.5) is 17.6 Å². The fourth-order valence-electron chi connectivity index (χ4n) is 0.782. The minimum absolute atomic E-state index is 0.445. The van der Waals surface area contributed by atoms with Crippen molar-refractivity contribution >= 4 is 0 Å². The normalized spacial score (nSPS) is 10.7. The molecule has 77 valence electrons. The van der Waals surface area contributed by atoms with Gasteiger partial charge in [0.15, 0.2) is 11.5 Å². The van der Waals surface area contributed by atoms with Gasteiger partial charge in [-0.3, -0.25) is 0 Å². The molecular formula is C8H5F4O2. The van der Waals surface area contributed by atoms with Crippen LogP contribution in [-0.4, -0.2) is 13.2 Å². The molecule has 0 saturated carbocycles. The van der Waals surface area contributed by atoms with Crippen LogP contribution < -0.4 is 9.47 Å². The van der Waals surface area contributed by atoms with Gasteiger partial charge in [0.05, 0.1) is 0 Å². The smallest absolute Gasteiger partial charge is 0.387 e. The molecule has 0 bridgehead atoms. The highest BCUT2D eigenvalue weighted by molar-refractivity contribution is 5.38. The van der Waals surface area contributed by atoms with E-state index >= 15 is 0 Å². The first-order chi connectivity index (χ1) is 6.59. The van der Waals surface area contributed by atoms with Crippen LogP contribution in [-0.2, 0) is 0 Å². The molecule has 0 unspecified atom stereocenters. The Morgan fingerprint density at radius 2 is 1.57 bits per heavy atom. The summed E-state index contributed by atoms with van der Waals surface area (Å²) in [6.07, 6.45) is 0. The molecule has 0 fully saturated rings. The first-order valence-electron chi connectivity index (χ1n) is 3.49. The van der Waals surface area contributed by atoms with Gasteiger partial charge in [0, 0.05) is 0 Å². The van der Waals surface area contributed by atoms with Crippen molar-refractivity contribution in [3.8, 4) is 11.5 Å². The third-order valence-electron chi connectivity index (χ3n) is 1.22. The van der Waals surface area contributed by atoms with E-state index in [0.717, 1.165) is 12.1 Å². The molecule has 2 nitrogen and oxygen atoms in total. The Labute approximate surface area is 77.1 Å². The largest absolute Gasteiger partial charge is 0.431 e. The number of halogens is 4. The van der Waals surface area contributed by atoms with Crippen molar-refractivity contribution in [2.75, 3.05) is 0 Å². The van der Waals surface area contributed by atoms with Gasteiger partial charge in [-0.25, -0.2) is 0 Å². The predicted octanol–water partition coefficient (Wildman–Crippen LogP) is 2.69. The molecule has 1 radical (unpaired) electrons. The predicted molar refractivity (Wildman–Crippen MR) is 38.5 cm³/mol. The molecule has 0 aliphatic heterocycles. The molecule has 1 aromatic carbocycles. The molecule has 0 aliphatic carbocycles. The van der Waals surface area contributed by atoms with E-state index in [1.54, 1.807) is 0 Å². The topological polar surface area (TPSA) is 18.5 Å². The van der Waals surface area contributed by atoms with Crippen molar-refractivity contribution in [2.45, 2.75) is 13.2 Å². The average Bonchev–Trinajstić information content (AvgIpc) is 2.06. The molecule has 0 atom stereocenters. The molecule has 0 heterocycles. The van der Waals surface area contributed by atoms with E-state index in [9.17, 15) is 17.6 Å². The van der Waals surface area contributed by atoms with Crippen LogP contribution in [0.2, 0.25) is 0 Å². The summed E-state index contributed by atoms with van der Waals surface area (Å²) in [5, 5.41) is 0. The fraction of sp³-hybridized carbons (Fsp3) is 0.250. The van der Waals surface area contributed by atoms with E-state index in [4.69, 9.17) is 0 Å². The fourth-order valence-corrected chi connectivity index (χ4v) is 0.782. The van der Waals surface area contributed by atoms with E-state index in [0.29, 0.717) is 0 Å². The minimum Gasteiger partial charge on any atom is -0.431 e. The van der Waals surface area contributed by atoms with Crippen LogP contribution in [0.15, 0.2) is 18.2 Å². The Bertz CT molecular complexity index is 261. The second-order valence-corrected chi connectivity index (χ2v) is 2.13. The number of rotatable bonds is 4. The molecule has 0 saturated heterocycles. The number of ether oxygens (including phenoxy) is 2. The SMILES string of the molecule is FC(F)Oc1c[c]ccc1OC(F)F. The van der Waals surface area contributed by atoms with Crippen molar-refractivity contribution in [3.63, 3.8) is 0 Å². The van der Waals surface area contributed by atoms with Gasteiger partial charge in [-0.15, -0.1) is 0 Å². The molecular weight excluding hydrogens is 204 g/mol. The molecule has 6 heteroatoms. The van der Waals surface area contributed by atoms with Crippen molar-refractivity contribution < 1.29 is 27.0 Å². The average molecular weight is 209 g/mol. The van der Waals surface area contributed by atoms with Crippen LogP contribution in [0.3, 0.4) is 0 Å². The molecule has 0 aliphatic rings. The van der Waals surface area contributed by atoms with E-state index in [1.165, 1.54) is 6.07 Å². The monoisotopic (exact) mass is 209 g/mol. The van der Waals surface area contributed by atoms with Gasteiger partial charge in [-0.05, 0) is 18.2 Å². The maximum atomic E-state index is 11.8. The highest BCUT2D eigenvalue weighted by Crippen LogP contribution is 2.28. The van der Waals surface area contributed by atoms with E-state index in [1.807, 2.05) is 0 Å². The van der Waals surface area contributed by atoms with Gasteiger partial charge in [0.25, 0.3) is 0 Å². The third-order valence-corrected chi connectivity index (χ3v) is 1.22. The zero-order chi connectivity index (χ0) is 10.6. The second-order valence-electron chi connectivity index (χ2n) is 2.13. The zero-order valence-corrected chi connectivity index (χ0v) is 6.72. The Kier molecular flexibility index (Phi) is 3.55. The molecule has 1 aromatic rings. The molecule has 0 N–H and O–H groups in total. The molecule has 0 amide bonds. The minimum atomic E-state index is -3.09. The molecule has 0 spiro atoms. The van der Waals surface area contributed by atoms with Gasteiger partial charge in [-0.1, -0.05) is 6.07 Å². The zero-order valence-electron chi connectivity index (χ0n) is 6.72. The number of benzene rings is 1. The highest BCUT2D eigenvalue weighted by atomic mass is 19.3. The van der Waals surface area contributed by atoms with Gasteiger partial charge in [0.1, 0.15) is 0 Å². The quantitative estimate of drug-likeness (QED) is 0.709. The molecule has 0 aromatic heterocycles. The third kappa shape index (κ3) is 3.12. The van der Waals surface area contributed by atoms with Gasteiger partial charge in [0.2, 0.25) is 0 Å². The lowest BCUT2D eigenvalue weighted by Gasteiger charge is -2.10. The number of alkyl halides is 4. The van der Waals surface area contributed by atoms with Crippen molar-refractivity contribution in [2.24, 2.45) is 0 Å². The van der Waals surface area contributed by atoms with Crippen LogP contribution >= 0.6 is 0 Å². The lowest BCUT2D eigenvalue weighted by molar-refractivity contribution is -0.0692. The summed E-state index contributed by atoms with van der Waals surface area (Å²) < 4.78 is 54.9. The Balaban J connectivity index is 2.80. The van der Waals surface area contributed by atoms with E-state index < -0.39 is 24.7 Å². The molecule has 14 heavy (non-hydrogen) atoms. The van der Waals surface area contributed by atoms with Crippen LogP contribution in [0.25, 0.3) is 0 Å². The van der Waals surface area contributed by atoms with Gasteiger partial charge < -0.3 is 9.47 Å². The first kappa shape index (κ1) is 10.6. The highest BCUT2D eigenvalue weighted by Gasteiger charge is 2.13. The lowest BCUT2D eigenvalue weighted by atomic mass is 10.3. The van der Waals surface area contributed by atoms with Crippen LogP contribution in [0, 0.1) is 6.07 Å². The van der Waals surface area contributed by atoms with Gasteiger partial charge >= 0.3 is 13.2 Å². The summed E-state index contributed by atoms with van der Waals surface area (Å²) in [5.41, 5.74) is 0. The van der Waals surface area contributed by atoms with Gasteiger partial charge in [-0.2, -0.15) is 17.6 Å². The summed E-state index contributed by atoms with van der Waals surface area (Å²) in [6.45, 7) is -6.18. The Morgan fingerprint density at radius 1 is 1.00 bits per heavy atom. The summed E-state index contributed by atoms with van der Waals surface area (Å²) in [4.78, 5) is 0. The number of hydrogen-bond acceptors (Lipinski definition) is 2. The van der Waals surface area contributed by atoms with Crippen LogP contribution in [0.1, 0.15) is 0 Å². The van der Waals surface area contributed by atoms with Crippen molar-refractivity contribution in [3.05, 3.63) is 24.3 Å². The maximum absolute atomic E-state index is 11.8. The van der Waals surface area contributed by atoms with Crippen molar-refractivity contribution in [1.29, 1.82) is 0 Å². The van der Waals surface area contributed by atoms with E-state index in [-0.39, 0.29) is 0 Å². The first-order valence-corrected chi connectivity index (χ1v) is 3.49. The summed E-state index contributed by atoms with van der Waals surface area (Å²) >= 11 is 0. The maximum Gasteiger partial charge on any atom is 0.387 e. The number of hydrogen-bond donors (Lipinski definition) is 0. The van der Waals surface area contributed by atoms with Crippen LogP contribution in [0.5, 0.6) is 11.5 Å².